The third kappa shape index (κ3) is 6.09. The summed E-state index contributed by atoms with van der Waals surface area (Å²) < 4.78 is 18.1. The summed E-state index contributed by atoms with van der Waals surface area (Å²) in [5.74, 6) is 0.238. The van der Waals surface area contributed by atoms with Gasteiger partial charge in [-0.1, -0.05) is 73.5 Å². The number of ether oxygens (including phenoxy) is 3. The molecule has 290 valence electrons. The van der Waals surface area contributed by atoms with Gasteiger partial charge >= 0.3 is 12.1 Å². The summed E-state index contributed by atoms with van der Waals surface area (Å²) in [6, 6.07) is -1.08. The normalized spacial score (nSPS) is 47.0. The second-order valence-corrected chi connectivity index (χ2v) is 19.5. The molecule has 1 saturated heterocycles. The molecule has 0 unspecified atom stereocenters. The van der Waals surface area contributed by atoms with E-state index in [1.165, 1.54) is 5.57 Å². The molecular formula is C41H67NO9. The maximum atomic E-state index is 13.0. The zero-order valence-electron chi connectivity index (χ0n) is 32.5. The fourth-order valence-electron chi connectivity index (χ4n) is 12.8. The molecular weight excluding hydrogens is 650 g/mol. The quantitative estimate of drug-likeness (QED) is 0.106. The number of allylic oxidation sites excluding steroid dienone is 2. The molecule has 51 heavy (non-hydrogen) atoms. The number of carbonyl (C=O) groups excluding carboxylic acids is 1. The van der Waals surface area contributed by atoms with Crippen LogP contribution in [0.4, 0.5) is 4.79 Å². The Morgan fingerprint density at radius 1 is 0.941 bits per heavy atom. The van der Waals surface area contributed by atoms with E-state index in [-0.39, 0.29) is 45.7 Å². The second-order valence-electron chi connectivity index (χ2n) is 19.5. The molecule has 0 bridgehead atoms. The van der Waals surface area contributed by atoms with Crippen LogP contribution in [0.25, 0.3) is 0 Å². The number of carboxylic acid groups (broad SMARTS) is 1. The molecule has 5 N–H and O–H groups in total. The summed E-state index contributed by atoms with van der Waals surface area (Å²) >= 11 is 0. The molecule has 1 aliphatic heterocycles. The third-order valence-electron chi connectivity index (χ3n) is 16.2. The fraction of sp³-hybridized carbons (Fsp3) is 0.902. The second kappa shape index (κ2) is 13.5. The molecule has 6 aliphatic rings. The lowest BCUT2D eigenvalue weighted by atomic mass is 9.33. The summed E-state index contributed by atoms with van der Waals surface area (Å²) in [5.41, 5.74) is 0.614. The number of carboxylic acids is 1. The van der Waals surface area contributed by atoms with Gasteiger partial charge in [-0.3, -0.25) is 4.79 Å². The van der Waals surface area contributed by atoms with E-state index in [2.05, 4.69) is 59.9 Å². The molecule has 0 spiro atoms. The molecule has 0 aromatic heterocycles. The van der Waals surface area contributed by atoms with Crippen molar-refractivity contribution in [1.29, 1.82) is 0 Å². The highest BCUT2D eigenvalue weighted by atomic mass is 16.7. The summed E-state index contributed by atoms with van der Waals surface area (Å²) in [7, 11) is 0. The first-order valence-electron chi connectivity index (χ1n) is 20.0. The standard InChI is InChI=1S/C41H67NO9/c1-9-10-21-49-35(48)42-30-32(45)31(44)26(23-43)50-33(30)51-29-14-15-38(6)27(37(29,4)5)13-16-40(8)28(38)12-11-24-25-22-36(2,3)17-19-41(25,34(46)47)20-18-39(24,40)7/h11,25-33,43-45H,9-10,12-23H2,1-8H3,(H,42,48)(H,46,47)/t25-,26+,27-,28+,29-,30+,31+,32+,33-,38-,39+,40+,41-/m0/s1. The molecule has 1 amide bonds. The van der Waals surface area contributed by atoms with Crippen LogP contribution in [0.5, 0.6) is 0 Å². The minimum Gasteiger partial charge on any atom is -0.481 e. The van der Waals surface area contributed by atoms with Crippen LogP contribution >= 0.6 is 0 Å². The van der Waals surface area contributed by atoms with Crippen molar-refractivity contribution in [2.45, 2.75) is 169 Å². The molecule has 10 nitrogen and oxygen atoms in total. The van der Waals surface area contributed by atoms with E-state index in [4.69, 9.17) is 14.2 Å². The smallest absolute Gasteiger partial charge is 0.407 e. The molecule has 10 heteroatoms. The lowest BCUT2D eigenvalue weighted by molar-refractivity contribution is -0.306. The van der Waals surface area contributed by atoms with Crippen LogP contribution in [0.1, 0.15) is 132 Å². The number of aliphatic hydroxyl groups is 3. The van der Waals surface area contributed by atoms with Gasteiger partial charge in [-0.15, -0.1) is 0 Å². The predicted molar refractivity (Wildman–Crippen MR) is 192 cm³/mol. The predicted octanol–water partition coefficient (Wildman–Crippen LogP) is 6.59. The maximum absolute atomic E-state index is 13.0. The molecule has 6 rings (SSSR count). The molecule has 5 fully saturated rings. The Morgan fingerprint density at radius 2 is 1.65 bits per heavy atom. The van der Waals surface area contributed by atoms with E-state index in [0.717, 1.165) is 70.6 Å². The van der Waals surface area contributed by atoms with Gasteiger partial charge in [0.05, 0.1) is 24.7 Å². The van der Waals surface area contributed by atoms with E-state index in [1.54, 1.807) is 0 Å². The Bertz CT molecular complexity index is 1360. The van der Waals surface area contributed by atoms with E-state index in [1.807, 2.05) is 6.92 Å². The van der Waals surface area contributed by atoms with Crippen LogP contribution in [0.2, 0.25) is 0 Å². The summed E-state index contributed by atoms with van der Waals surface area (Å²) in [6.45, 7) is 18.4. The van der Waals surface area contributed by atoms with Gasteiger partial charge in [0.2, 0.25) is 0 Å². The van der Waals surface area contributed by atoms with E-state index in [0.29, 0.717) is 18.3 Å². The minimum absolute atomic E-state index is 0.0199. The highest BCUT2D eigenvalue weighted by Crippen LogP contribution is 2.76. The van der Waals surface area contributed by atoms with Crippen LogP contribution in [0.3, 0.4) is 0 Å². The van der Waals surface area contributed by atoms with Crippen LogP contribution in [0, 0.1) is 50.2 Å². The first kappa shape index (κ1) is 39.0. The average molecular weight is 718 g/mol. The molecule has 0 aromatic rings. The van der Waals surface area contributed by atoms with Crippen molar-refractivity contribution >= 4 is 12.1 Å². The SMILES string of the molecule is CCCCOC(=O)N[C@H]1[C@H](O[C@H]2CC[C@]3(C)[C@H]4CC=C5[C@@H]6CC(C)(C)CC[C@]6(C(=O)O)CC[C@@]5(C)[C@]4(C)CC[C@H]3C2(C)C)O[C@H](CO)[C@@H](O)[C@@H]1O. The summed E-state index contributed by atoms with van der Waals surface area (Å²) in [4.78, 5) is 25.7. The highest BCUT2D eigenvalue weighted by Gasteiger charge is 2.69. The number of nitrogens with one attached hydrogen (secondary N) is 1. The van der Waals surface area contributed by atoms with Crippen LogP contribution < -0.4 is 5.32 Å². The van der Waals surface area contributed by atoms with Crippen molar-refractivity contribution in [2.24, 2.45) is 50.2 Å². The molecule has 0 radical (unpaired) electrons. The zero-order chi connectivity index (χ0) is 37.4. The van der Waals surface area contributed by atoms with Crippen molar-refractivity contribution in [3.8, 4) is 0 Å². The number of amides is 1. The Hall–Kier alpha value is -1.72. The average Bonchev–Trinajstić information content (AvgIpc) is 3.05. The van der Waals surface area contributed by atoms with Crippen molar-refractivity contribution in [2.75, 3.05) is 13.2 Å². The van der Waals surface area contributed by atoms with E-state index in [9.17, 15) is 30.0 Å². The van der Waals surface area contributed by atoms with E-state index < -0.39 is 54.7 Å². The summed E-state index contributed by atoms with van der Waals surface area (Å²) in [5, 5.41) is 45.2. The topological polar surface area (TPSA) is 155 Å². The zero-order valence-corrected chi connectivity index (χ0v) is 32.5. The minimum atomic E-state index is -1.42. The van der Waals surface area contributed by atoms with Gasteiger partial charge < -0.3 is 40.0 Å². The monoisotopic (exact) mass is 717 g/mol. The third-order valence-corrected chi connectivity index (χ3v) is 16.2. The lowest BCUT2D eigenvalue weighted by Gasteiger charge is -2.71. The molecule has 1 heterocycles. The van der Waals surface area contributed by atoms with Crippen molar-refractivity contribution in [3.63, 3.8) is 0 Å². The Labute approximate surface area is 305 Å². The number of unbranched alkanes of at least 4 members (excludes halogenated alkanes) is 1. The van der Waals surface area contributed by atoms with Crippen LogP contribution in [0.15, 0.2) is 11.6 Å². The molecule has 4 saturated carbocycles. The lowest BCUT2D eigenvalue weighted by Crippen LogP contribution is -2.67. The highest BCUT2D eigenvalue weighted by molar-refractivity contribution is 5.76. The number of fused-ring (bicyclic) bond motifs is 7. The van der Waals surface area contributed by atoms with Gasteiger partial charge in [0, 0.05) is 0 Å². The van der Waals surface area contributed by atoms with Gasteiger partial charge in [-0.25, -0.2) is 4.79 Å². The number of alkyl carbamates (subject to hydrolysis) is 1. The number of aliphatic hydroxyl groups excluding tert-OH is 3. The summed E-state index contributed by atoms with van der Waals surface area (Å²) in [6.07, 6.45) is 7.23. The number of hydrogen-bond donors (Lipinski definition) is 5. The van der Waals surface area contributed by atoms with Crippen molar-refractivity contribution in [1.82, 2.24) is 5.32 Å². The number of hydrogen-bond acceptors (Lipinski definition) is 8. The number of carbonyl (C=O) groups is 2. The fourth-order valence-corrected chi connectivity index (χ4v) is 12.8. The first-order valence-corrected chi connectivity index (χ1v) is 20.0. The van der Waals surface area contributed by atoms with Crippen LogP contribution in [-0.4, -0.2) is 82.5 Å². The van der Waals surface area contributed by atoms with Gasteiger partial charge in [-0.2, -0.15) is 0 Å². The van der Waals surface area contributed by atoms with Gasteiger partial charge in [0.25, 0.3) is 0 Å². The number of rotatable bonds is 8. The van der Waals surface area contributed by atoms with Crippen LogP contribution in [-0.2, 0) is 19.0 Å². The number of aliphatic carboxylic acids is 1. The van der Waals surface area contributed by atoms with Crippen molar-refractivity contribution < 1.29 is 44.2 Å². The first-order chi connectivity index (χ1) is 23.8. The Kier molecular flexibility index (Phi) is 10.4. The van der Waals surface area contributed by atoms with Gasteiger partial charge in [0.1, 0.15) is 24.4 Å². The Balaban J connectivity index is 1.26. The molecule has 0 aromatic carbocycles. The molecule has 5 aliphatic carbocycles. The van der Waals surface area contributed by atoms with E-state index >= 15 is 0 Å². The maximum Gasteiger partial charge on any atom is 0.407 e. The largest absolute Gasteiger partial charge is 0.481 e. The van der Waals surface area contributed by atoms with Gasteiger partial charge in [0.15, 0.2) is 6.29 Å². The van der Waals surface area contributed by atoms with Crippen molar-refractivity contribution in [3.05, 3.63) is 11.6 Å². The Morgan fingerprint density at radius 3 is 2.31 bits per heavy atom. The molecule has 13 atom stereocenters. The van der Waals surface area contributed by atoms with Gasteiger partial charge in [-0.05, 0) is 115 Å².